The molecule has 0 amide bonds. The Labute approximate surface area is 103 Å². The average Bonchev–Trinajstić information content (AvgIpc) is 2.69. The number of aliphatic hydroxyl groups excluding tert-OH is 1. The molecule has 4 N–H and O–H groups in total. The van der Waals surface area contributed by atoms with Crippen molar-refractivity contribution in [1.82, 2.24) is 14.5 Å². The molecule has 1 rings (SSSR count). The monoisotopic (exact) mass is 284 g/mol. The van der Waals surface area contributed by atoms with Gasteiger partial charge < -0.3 is 10.8 Å². The predicted octanol–water partition coefficient (Wildman–Crippen LogP) is -0.609. The summed E-state index contributed by atoms with van der Waals surface area (Å²) >= 11 is 0. The smallest absolute Gasteiger partial charge is 0.283 e. The Morgan fingerprint density at radius 2 is 2.22 bits per heavy atom. The summed E-state index contributed by atoms with van der Waals surface area (Å²) < 4.78 is 51.8. The van der Waals surface area contributed by atoms with Gasteiger partial charge in [0.15, 0.2) is 5.82 Å². The minimum Gasteiger partial charge on any atom is -0.390 e. The summed E-state index contributed by atoms with van der Waals surface area (Å²) in [6.07, 6.45) is 1.15. The van der Waals surface area contributed by atoms with E-state index in [1.165, 1.54) is 4.68 Å². The Morgan fingerprint density at radius 1 is 1.61 bits per heavy atom. The van der Waals surface area contributed by atoms with E-state index in [0.717, 1.165) is 6.20 Å². The molecule has 0 spiro atoms. The number of alkyl halides is 2. The average molecular weight is 284 g/mol. The number of nitrogens with zero attached hydrogens (tertiary/aromatic N) is 2. The van der Waals surface area contributed by atoms with E-state index < -0.39 is 29.1 Å². The highest BCUT2D eigenvalue weighted by molar-refractivity contribution is 7.89. The van der Waals surface area contributed by atoms with Crippen molar-refractivity contribution in [3.05, 3.63) is 6.20 Å². The summed E-state index contributed by atoms with van der Waals surface area (Å²) in [7, 11) is -4.17. The summed E-state index contributed by atoms with van der Waals surface area (Å²) in [6.45, 7) is -0.537. The van der Waals surface area contributed by atoms with Crippen molar-refractivity contribution in [2.45, 2.75) is 24.3 Å². The first kappa shape index (κ1) is 14.8. The summed E-state index contributed by atoms with van der Waals surface area (Å²) in [6, 6.07) is 0. The lowest BCUT2D eigenvalue weighted by Crippen LogP contribution is -2.39. The normalized spacial score (nSPS) is 12.9. The van der Waals surface area contributed by atoms with Gasteiger partial charge in [-0.05, 0) is 6.92 Å². The van der Waals surface area contributed by atoms with E-state index in [2.05, 4.69) is 5.10 Å². The van der Waals surface area contributed by atoms with Crippen LogP contribution < -0.4 is 10.5 Å². The van der Waals surface area contributed by atoms with Gasteiger partial charge >= 0.3 is 0 Å². The van der Waals surface area contributed by atoms with E-state index in [9.17, 15) is 17.2 Å². The molecule has 1 heterocycles. The first-order valence-electron chi connectivity index (χ1n) is 5.03. The number of sulfonamides is 1. The Bertz CT molecular complexity index is 514. The van der Waals surface area contributed by atoms with Crippen molar-refractivity contribution in [3.63, 3.8) is 0 Å². The van der Waals surface area contributed by atoms with Gasteiger partial charge in [-0.2, -0.15) is 5.10 Å². The molecular weight excluding hydrogens is 270 g/mol. The molecule has 0 radical (unpaired) electrons. The van der Waals surface area contributed by atoms with Crippen LogP contribution in [0.15, 0.2) is 11.1 Å². The van der Waals surface area contributed by atoms with Gasteiger partial charge in [-0.15, -0.1) is 0 Å². The summed E-state index contributed by atoms with van der Waals surface area (Å²) in [4.78, 5) is -0.363. The lowest BCUT2D eigenvalue weighted by molar-refractivity contribution is -0.0437. The van der Waals surface area contributed by atoms with Crippen LogP contribution in [-0.2, 0) is 16.6 Å². The third-order valence-electron chi connectivity index (χ3n) is 2.12. The molecule has 7 nitrogen and oxygen atoms in total. The Morgan fingerprint density at radius 3 is 2.67 bits per heavy atom. The zero-order valence-electron chi connectivity index (χ0n) is 9.60. The molecule has 0 aliphatic heterocycles. The highest BCUT2D eigenvalue weighted by Crippen LogP contribution is 2.17. The fourth-order valence-electron chi connectivity index (χ4n) is 1.12. The minimum absolute atomic E-state index is 0.267. The number of hydrogen-bond acceptors (Lipinski definition) is 5. The number of aliphatic hydroxyl groups is 1. The molecule has 0 fully saturated rings. The van der Waals surface area contributed by atoms with Gasteiger partial charge in [0, 0.05) is 12.7 Å². The predicted molar refractivity (Wildman–Crippen MR) is 59.5 cm³/mol. The van der Waals surface area contributed by atoms with Crippen LogP contribution >= 0.6 is 0 Å². The standard InChI is InChI=1S/C8H14F2N4O3S/c1-2-14-3-6(7(11)13-14)18(16,17)12-4-8(9,10)5-15/h3,12,15H,2,4-5H2,1H3,(H2,11,13). The number of aromatic nitrogens is 2. The zero-order chi connectivity index (χ0) is 14.0. The zero-order valence-corrected chi connectivity index (χ0v) is 10.4. The van der Waals surface area contributed by atoms with Crippen LogP contribution in [-0.4, -0.2) is 42.4 Å². The molecule has 0 aliphatic carbocycles. The van der Waals surface area contributed by atoms with Gasteiger partial charge in [0.1, 0.15) is 11.5 Å². The fourth-order valence-corrected chi connectivity index (χ4v) is 2.25. The molecule has 0 aliphatic rings. The molecule has 0 saturated heterocycles. The summed E-state index contributed by atoms with van der Waals surface area (Å²) in [5, 5.41) is 12.0. The number of nitrogens with two attached hydrogens (primary N) is 1. The lowest BCUT2D eigenvalue weighted by Gasteiger charge is -2.13. The molecule has 1 aromatic heterocycles. The van der Waals surface area contributed by atoms with Crippen molar-refractivity contribution in [2.75, 3.05) is 18.9 Å². The van der Waals surface area contributed by atoms with E-state index >= 15 is 0 Å². The highest BCUT2D eigenvalue weighted by atomic mass is 32.2. The van der Waals surface area contributed by atoms with Gasteiger partial charge in [-0.1, -0.05) is 0 Å². The SMILES string of the molecule is CCn1cc(S(=O)(=O)NCC(F)(F)CO)c(N)n1. The Kier molecular flexibility index (Phi) is 4.24. The van der Waals surface area contributed by atoms with E-state index in [-0.39, 0.29) is 10.7 Å². The van der Waals surface area contributed by atoms with Crippen molar-refractivity contribution in [1.29, 1.82) is 0 Å². The number of anilines is 1. The summed E-state index contributed by atoms with van der Waals surface area (Å²) in [5.74, 6) is -3.79. The second-order valence-electron chi connectivity index (χ2n) is 3.57. The Hall–Kier alpha value is -1.26. The molecule has 0 aromatic carbocycles. The maximum atomic E-state index is 12.7. The second-order valence-corrected chi connectivity index (χ2v) is 5.31. The van der Waals surface area contributed by atoms with Gasteiger partial charge in [0.2, 0.25) is 10.0 Å². The van der Waals surface area contributed by atoms with Crippen molar-refractivity contribution in [3.8, 4) is 0 Å². The molecule has 10 heteroatoms. The van der Waals surface area contributed by atoms with Crippen LogP contribution in [0.4, 0.5) is 14.6 Å². The van der Waals surface area contributed by atoms with E-state index in [1.807, 2.05) is 0 Å². The number of halogens is 2. The molecule has 18 heavy (non-hydrogen) atoms. The van der Waals surface area contributed by atoms with Crippen LogP contribution in [0.3, 0.4) is 0 Å². The third kappa shape index (κ3) is 3.37. The first-order chi connectivity index (χ1) is 8.22. The molecule has 0 bridgehead atoms. The Balaban J connectivity index is 2.90. The van der Waals surface area contributed by atoms with Crippen molar-refractivity contribution in [2.24, 2.45) is 0 Å². The van der Waals surface area contributed by atoms with Gasteiger partial charge in [-0.3, -0.25) is 4.68 Å². The number of hydrogen-bond donors (Lipinski definition) is 3. The van der Waals surface area contributed by atoms with Crippen molar-refractivity contribution < 1.29 is 22.3 Å². The van der Waals surface area contributed by atoms with Crippen LogP contribution in [0.25, 0.3) is 0 Å². The molecule has 104 valence electrons. The van der Waals surface area contributed by atoms with Crippen molar-refractivity contribution >= 4 is 15.8 Å². The molecule has 1 aromatic rings. The topological polar surface area (TPSA) is 110 Å². The number of aryl methyl sites for hydroxylation is 1. The van der Waals surface area contributed by atoms with Crippen LogP contribution in [0.5, 0.6) is 0 Å². The van der Waals surface area contributed by atoms with E-state index in [1.54, 1.807) is 11.6 Å². The lowest BCUT2D eigenvalue weighted by atomic mass is 10.4. The molecular formula is C8H14F2N4O3S. The van der Waals surface area contributed by atoms with Gasteiger partial charge in [-0.25, -0.2) is 21.9 Å². The quantitative estimate of drug-likeness (QED) is 0.645. The van der Waals surface area contributed by atoms with Crippen LogP contribution in [0.1, 0.15) is 6.92 Å². The van der Waals surface area contributed by atoms with E-state index in [4.69, 9.17) is 10.8 Å². The fraction of sp³-hybridized carbons (Fsp3) is 0.625. The maximum Gasteiger partial charge on any atom is 0.283 e. The minimum atomic E-state index is -4.17. The maximum absolute atomic E-state index is 12.7. The molecule has 0 atom stereocenters. The summed E-state index contributed by atoms with van der Waals surface area (Å²) in [5.41, 5.74) is 5.39. The number of nitrogen functional groups attached to an aromatic ring is 1. The van der Waals surface area contributed by atoms with Gasteiger partial charge in [0.05, 0.1) is 6.54 Å². The van der Waals surface area contributed by atoms with Crippen LogP contribution in [0, 0.1) is 0 Å². The van der Waals surface area contributed by atoms with E-state index in [0.29, 0.717) is 6.54 Å². The largest absolute Gasteiger partial charge is 0.390 e. The number of nitrogens with one attached hydrogen (secondary N) is 1. The number of rotatable bonds is 6. The highest BCUT2D eigenvalue weighted by Gasteiger charge is 2.31. The van der Waals surface area contributed by atoms with Gasteiger partial charge in [0.25, 0.3) is 5.92 Å². The first-order valence-corrected chi connectivity index (χ1v) is 6.51. The molecule has 0 saturated carbocycles. The molecule has 0 unspecified atom stereocenters. The third-order valence-corrected chi connectivity index (χ3v) is 3.54. The second kappa shape index (κ2) is 5.16. The van der Waals surface area contributed by atoms with Crippen LogP contribution in [0.2, 0.25) is 0 Å².